The second kappa shape index (κ2) is 7.47. The van der Waals surface area contributed by atoms with Crippen LogP contribution >= 0.6 is 23.4 Å². The van der Waals surface area contributed by atoms with Crippen LogP contribution in [0.1, 0.15) is 23.1 Å². The number of nitrogens with one attached hydrogen (secondary N) is 1. The molecule has 0 bridgehead atoms. The zero-order chi connectivity index (χ0) is 20.7. The third-order valence-corrected chi connectivity index (χ3v) is 6.14. The number of carbonyl (C=O) groups is 4. The Hall–Kier alpha value is -2.53. The van der Waals surface area contributed by atoms with E-state index in [2.05, 4.69) is 10.4 Å². The number of carbonyl (C=O) groups excluding carboxylic acids is 3. The van der Waals surface area contributed by atoms with Gasteiger partial charge < -0.3 is 15.2 Å². The molecule has 2 N–H and O–H groups in total. The lowest BCUT2D eigenvalue weighted by Crippen LogP contribution is -2.70. The molecular formula is C16H17ClN4O6S. The Bertz CT molecular complexity index is 926. The van der Waals surface area contributed by atoms with Gasteiger partial charge >= 0.3 is 11.9 Å². The monoisotopic (exact) mass is 428 g/mol. The third kappa shape index (κ3) is 3.35. The Morgan fingerprint density at radius 1 is 1.43 bits per heavy atom. The van der Waals surface area contributed by atoms with E-state index in [1.165, 1.54) is 23.4 Å². The van der Waals surface area contributed by atoms with Crippen LogP contribution in [-0.4, -0.2) is 67.3 Å². The van der Waals surface area contributed by atoms with E-state index in [0.29, 0.717) is 11.3 Å². The van der Waals surface area contributed by atoms with Gasteiger partial charge in [-0.15, -0.1) is 11.8 Å². The number of aliphatic carboxylic acids is 1. The van der Waals surface area contributed by atoms with Gasteiger partial charge in [-0.05, 0) is 6.92 Å². The van der Waals surface area contributed by atoms with Crippen molar-refractivity contribution in [3.8, 4) is 0 Å². The number of hydrogen-bond acceptors (Lipinski definition) is 7. The highest BCUT2D eigenvalue weighted by molar-refractivity contribution is 8.00. The molecule has 1 fully saturated rings. The fraction of sp³-hybridized carbons (Fsp3) is 0.438. The number of aromatic nitrogens is 2. The summed E-state index contributed by atoms with van der Waals surface area (Å²) in [6.07, 6.45) is 0. The summed E-state index contributed by atoms with van der Waals surface area (Å²) in [6.45, 7) is 2.66. The molecule has 3 heterocycles. The number of rotatable bonds is 5. The summed E-state index contributed by atoms with van der Waals surface area (Å²) in [5.41, 5.74) is 0.715. The molecule has 2 amide bonds. The van der Waals surface area contributed by atoms with Crippen LogP contribution in [0.3, 0.4) is 0 Å². The number of halogens is 1. The summed E-state index contributed by atoms with van der Waals surface area (Å²) in [6, 6.07) is -0.895. The number of amides is 2. The molecule has 0 saturated carbocycles. The maximum Gasteiger partial charge on any atom is 0.352 e. The Morgan fingerprint density at radius 3 is 2.64 bits per heavy atom. The molecule has 1 aromatic heterocycles. The molecule has 2 aliphatic heterocycles. The molecule has 12 heteroatoms. The van der Waals surface area contributed by atoms with E-state index in [9.17, 15) is 24.3 Å². The highest BCUT2D eigenvalue weighted by atomic mass is 35.5. The van der Waals surface area contributed by atoms with Crippen molar-refractivity contribution >= 4 is 47.1 Å². The van der Waals surface area contributed by atoms with Crippen LogP contribution in [0.4, 0.5) is 0 Å². The molecule has 28 heavy (non-hydrogen) atoms. The fourth-order valence-electron chi connectivity index (χ4n) is 3.07. The molecule has 150 valence electrons. The largest absolute Gasteiger partial charge is 0.477 e. The minimum absolute atomic E-state index is 0.121. The predicted octanol–water partition coefficient (Wildman–Crippen LogP) is 0.297. The van der Waals surface area contributed by atoms with Gasteiger partial charge in [0.25, 0.3) is 11.8 Å². The van der Waals surface area contributed by atoms with E-state index in [0.717, 1.165) is 4.90 Å². The standard InChI is InChI=1S/C16H17ClN4O6S/c1-6-9(17)12(20(3)19-6)13(23)18-10-14(24)21-11(16(25)26)8(4-27-7(2)22)5-28-15(10)21/h10,15H,4-5H2,1-3H3,(H,18,23)(H,25,26). The molecule has 2 atom stereocenters. The number of carboxylic acid groups (broad SMARTS) is 1. The lowest BCUT2D eigenvalue weighted by atomic mass is 10.0. The van der Waals surface area contributed by atoms with Crippen molar-refractivity contribution in [2.75, 3.05) is 12.4 Å². The normalized spacial score (nSPS) is 21.1. The average Bonchev–Trinajstić information content (AvgIpc) is 2.88. The minimum atomic E-state index is -1.30. The van der Waals surface area contributed by atoms with Crippen molar-refractivity contribution < 1.29 is 29.0 Å². The SMILES string of the molecule is CC(=O)OCC1=C(C(=O)O)N2C(=O)C(NC(=O)c3c(Cl)c(C)nn3C)C2SC1. The van der Waals surface area contributed by atoms with Crippen molar-refractivity contribution in [3.05, 3.63) is 27.7 Å². The number of β-lactam (4-membered cyclic amide) rings is 1. The molecule has 2 aliphatic rings. The number of carboxylic acids is 1. The van der Waals surface area contributed by atoms with Crippen molar-refractivity contribution in [2.24, 2.45) is 7.05 Å². The van der Waals surface area contributed by atoms with Gasteiger partial charge in [-0.3, -0.25) is 24.0 Å². The summed E-state index contributed by atoms with van der Waals surface area (Å²) >= 11 is 7.38. The van der Waals surface area contributed by atoms with Crippen LogP contribution in [0.2, 0.25) is 5.02 Å². The zero-order valence-electron chi connectivity index (χ0n) is 15.2. The highest BCUT2D eigenvalue weighted by Crippen LogP contribution is 2.40. The second-order valence-corrected chi connectivity index (χ2v) is 7.75. The number of thioether (sulfide) groups is 1. The number of nitrogens with zero attached hydrogens (tertiary/aromatic N) is 3. The smallest absolute Gasteiger partial charge is 0.352 e. The zero-order valence-corrected chi connectivity index (χ0v) is 16.8. The molecule has 0 aromatic carbocycles. The van der Waals surface area contributed by atoms with E-state index >= 15 is 0 Å². The van der Waals surface area contributed by atoms with E-state index in [1.807, 2.05) is 0 Å². The highest BCUT2D eigenvalue weighted by Gasteiger charge is 2.54. The van der Waals surface area contributed by atoms with Gasteiger partial charge in [0.05, 0.1) is 10.7 Å². The second-order valence-electron chi connectivity index (χ2n) is 6.27. The van der Waals surface area contributed by atoms with E-state index in [-0.39, 0.29) is 28.8 Å². The topological polar surface area (TPSA) is 131 Å². The number of fused-ring (bicyclic) bond motifs is 1. The molecule has 2 unspecified atom stereocenters. The lowest BCUT2D eigenvalue weighted by Gasteiger charge is -2.49. The first-order valence-electron chi connectivity index (χ1n) is 8.16. The van der Waals surface area contributed by atoms with Gasteiger partial charge in [-0.1, -0.05) is 11.6 Å². The molecule has 0 aliphatic carbocycles. The number of esters is 1. The van der Waals surface area contributed by atoms with Crippen molar-refractivity contribution in [1.82, 2.24) is 20.0 Å². The van der Waals surface area contributed by atoms with Gasteiger partial charge in [0, 0.05) is 25.3 Å². The van der Waals surface area contributed by atoms with Gasteiger partial charge in [0.1, 0.15) is 29.4 Å². The van der Waals surface area contributed by atoms with Gasteiger partial charge in [0.15, 0.2) is 0 Å². The van der Waals surface area contributed by atoms with Crippen LogP contribution in [0.5, 0.6) is 0 Å². The fourth-order valence-corrected chi connectivity index (χ4v) is 4.64. The lowest BCUT2D eigenvalue weighted by molar-refractivity contribution is -0.149. The first-order valence-corrected chi connectivity index (χ1v) is 9.59. The third-order valence-electron chi connectivity index (χ3n) is 4.35. The van der Waals surface area contributed by atoms with E-state index in [1.54, 1.807) is 14.0 Å². The van der Waals surface area contributed by atoms with Crippen molar-refractivity contribution in [3.63, 3.8) is 0 Å². The first kappa shape index (κ1) is 20.2. The van der Waals surface area contributed by atoms with Crippen LogP contribution < -0.4 is 5.32 Å². The molecule has 10 nitrogen and oxygen atoms in total. The Balaban J connectivity index is 1.79. The van der Waals surface area contributed by atoms with Crippen LogP contribution in [-0.2, 0) is 26.2 Å². The van der Waals surface area contributed by atoms with Crippen LogP contribution in [0.25, 0.3) is 0 Å². The van der Waals surface area contributed by atoms with Crippen LogP contribution in [0, 0.1) is 6.92 Å². The molecule has 1 saturated heterocycles. The summed E-state index contributed by atoms with van der Waals surface area (Å²) in [4.78, 5) is 48.9. The van der Waals surface area contributed by atoms with Crippen molar-refractivity contribution in [1.29, 1.82) is 0 Å². The summed E-state index contributed by atoms with van der Waals surface area (Å²) in [7, 11) is 1.56. The van der Waals surface area contributed by atoms with Gasteiger partial charge in [-0.2, -0.15) is 5.10 Å². The Labute approximate surface area is 168 Å². The first-order chi connectivity index (χ1) is 13.1. The summed E-state index contributed by atoms with van der Waals surface area (Å²) in [5.74, 6) is -2.72. The van der Waals surface area contributed by atoms with Gasteiger partial charge in [0.2, 0.25) is 0 Å². The average molecular weight is 429 g/mol. The van der Waals surface area contributed by atoms with Crippen LogP contribution in [0.15, 0.2) is 11.3 Å². The molecular weight excluding hydrogens is 412 g/mol. The number of ether oxygens (including phenoxy) is 1. The quantitative estimate of drug-likeness (QED) is 0.505. The maximum absolute atomic E-state index is 12.6. The van der Waals surface area contributed by atoms with E-state index in [4.69, 9.17) is 16.3 Å². The van der Waals surface area contributed by atoms with Crippen molar-refractivity contribution in [2.45, 2.75) is 25.3 Å². The maximum atomic E-state index is 12.6. The summed E-state index contributed by atoms with van der Waals surface area (Å²) in [5, 5.41) is 15.8. The molecule has 0 spiro atoms. The number of aryl methyl sites for hydroxylation is 2. The number of hydrogen-bond donors (Lipinski definition) is 2. The predicted molar refractivity (Wildman–Crippen MR) is 98.6 cm³/mol. The summed E-state index contributed by atoms with van der Waals surface area (Å²) < 4.78 is 6.20. The van der Waals surface area contributed by atoms with Gasteiger partial charge in [-0.25, -0.2) is 4.79 Å². The Kier molecular flexibility index (Phi) is 5.39. The minimum Gasteiger partial charge on any atom is -0.477 e. The molecule has 3 rings (SSSR count). The van der Waals surface area contributed by atoms with E-state index < -0.39 is 35.2 Å². The molecule has 1 aromatic rings. The molecule has 0 radical (unpaired) electrons. The Morgan fingerprint density at radius 2 is 2.11 bits per heavy atom.